The van der Waals surface area contributed by atoms with E-state index in [1.807, 2.05) is 37.3 Å². The first-order valence-electron chi connectivity index (χ1n) is 9.53. The van der Waals surface area contributed by atoms with E-state index < -0.39 is 6.10 Å². The summed E-state index contributed by atoms with van der Waals surface area (Å²) in [5.74, 6) is 0.282. The molecular formula is C24H30O3. The molecule has 144 valence electrons. The summed E-state index contributed by atoms with van der Waals surface area (Å²) in [5.41, 5.74) is 3.85. The van der Waals surface area contributed by atoms with Crippen LogP contribution >= 0.6 is 0 Å². The highest BCUT2D eigenvalue weighted by Gasteiger charge is 2.13. The van der Waals surface area contributed by atoms with Gasteiger partial charge in [0.15, 0.2) is 0 Å². The summed E-state index contributed by atoms with van der Waals surface area (Å²) in [6.07, 6.45) is 6.22. The minimum Gasteiger partial charge on any atom is -0.507 e. The van der Waals surface area contributed by atoms with Crippen molar-refractivity contribution >= 4 is 16.8 Å². The molecule has 3 heteroatoms. The van der Waals surface area contributed by atoms with Gasteiger partial charge in [-0.05, 0) is 54.3 Å². The van der Waals surface area contributed by atoms with Gasteiger partial charge in [-0.2, -0.15) is 0 Å². The van der Waals surface area contributed by atoms with Crippen molar-refractivity contribution in [1.82, 2.24) is 0 Å². The van der Waals surface area contributed by atoms with E-state index >= 15 is 0 Å². The van der Waals surface area contributed by atoms with Crippen molar-refractivity contribution in [3.8, 4) is 5.75 Å². The van der Waals surface area contributed by atoms with E-state index in [0.717, 1.165) is 52.3 Å². The largest absolute Gasteiger partial charge is 0.507 e. The molecule has 27 heavy (non-hydrogen) atoms. The third-order valence-corrected chi connectivity index (χ3v) is 4.78. The number of hydrogen-bond donors (Lipinski definition) is 3. The van der Waals surface area contributed by atoms with E-state index in [9.17, 15) is 15.3 Å². The molecule has 2 aromatic carbocycles. The predicted molar refractivity (Wildman–Crippen MR) is 114 cm³/mol. The number of allylic oxidation sites excluding steroid dienone is 1. The van der Waals surface area contributed by atoms with Crippen molar-refractivity contribution in [1.29, 1.82) is 0 Å². The van der Waals surface area contributed by atoms with E-state index in [1.165, 1.54) is 0 Å². The molecule has 0 radical (unpaired) electrons. The maximum atomic E-state index is 10.6. The highest BCUT2D eigenvalue weighted by atomic mass is 16.3. The zero-order valence-electron chi connectivity index (χ0n) is 16.3. The predicted octanol–water partition coefficient (Wildman–Crippen LogP) is 5.36. The number of fused-ring (bicyclic) bond motifs is 1. The van der Waals surface area contributed by atoms with Crippen molar-refractivity contribution in [3.05, 3.63) is 71.3 Å². The Morgan fingerprint density at radius 3 is 2.48 bits per heavy atom. The Morgan fingerprint density at radius 2 is 1.81 bits per heavy atom. The summed E-state index contributed by atoms with van der Waals surface area (Å²) in [6, 6.07) is 11.4. The normalized spacial score (nSPS) is 13.8. The van der Waals surface area contributed by atoms with E-state index in [-0.39, 0.29) is 12.4 Å². The molecule has 0 amide bonds. The fraction of sp³-hybridized carbons (Fsp3) is 0.333. The first-order chi connectivity index (χ1) is 13.0. The Hall–Kier alpha value is -2.36. The summed E-state index contributed by atoms with van der Waals surface area (Å²) >= 11 is 0. The Labute approximate surface area is 162 Å². The van der Waals surface area contributed by atoms with Crippen LogP contribution < -0.4 is 0 Å². The van der Waals surface area contributed by atoms with Gasteiger partial charge in [0.25, 0.3) is 0 Å². The molecule has 0 aliphatic rings. The minimum atomic E-state index is -0.629. The van der Waals surface area contributed by atoms with Crippen molar-refractivity contribution in [2.24, 2.45) is 0 Å². The standard InChI is InChI=1S/C24H30O3/c1-4-7-18(3)20(14-15-25)23(26)12-10-17(2)16-19-11-13-24(27)22-9-6-5-8-21(19)22/h5-6,8-9,11,13-14,16,23,25-27H,3-4,7,10,12,15H2,1-2H3/b17-16+,20-14-. The van der Waals surface area contributed by atoms with Gasteiger partial charge in [0.2, 0.25) is 0 Å². The summed E-state index contributed by atoms with van der Waals surface area (Å²) in [5, 5.41) is 31.7. The molecule has 0 fully saturated rings. The molecule has 0 saturated heterocycles. The Balaban J connectivity index is 2.13. The molecule has 0 spiro atoms. The van der Waals surface area contributed by atoms with Gasteiger partial charge < -0.3 is 15.3 Å². The molecule has 0 heterocycles. The second-order valence-electron chi connectivity index (χ2n) is 6.96. The van der Waals surface area contributed by atoms with Gasteiger partial charge in [0.1, 0.15) is 5.75 Å². The fourth-order valence-electron chi connectivity index (χ4n) is 3.35. The average molecular weight is 367 g/mol. The average Bonchev–Trinajstić information content (AvgIpc) is 2.67. The molecule has 3 nitrogen and oxygen atoms in total. The quantitative estimate of drug-likeness (QED) is 0.523. The van der Waals surface area contributed by atoms with Crippen molar-refractivity contribution < 1.29 is 15.3 Å². The Morgan fingerprint density at radius 1 is 1.11 bits per heavy atom. The molecular weight excluding hydrogens is 336 g/mol. The second-order valence-corrected chi connectivity index (χ2v) is 6.96. The van der Waals surface area contributed by atoms with Crippen molar-refractivity contribution in [2.45, 2.75) is 45.6 Å². The summed E-state index contributed by atoms with van der Waals surface area (Å²) in [6.45, 7) is 8.07. The molecule has 0 saturated carbocycles. The molecule has 2 aromatic rings. The number of aliphatic hydroxyl groups excluding tert-OH is 2. The number of benzene rings is 2. The highest BCUT2D eigenvalue weighted by Crippen LogP contribution is 2.29. The van der Waals surface area contributed by atoms with E-state index in [1.54, 1.807) is 12.1 Å². The number of hydrogen-bond acceptors (Lipinski definition) is 3. The number of aliphatic hydroxyl groups is 2. The monoisotopic (exact) mass is 366 g/mol. The van der Waals surface area contributed by atoms with Gasteiger partial charge >= 0.3 is 0 Å². The topological polar surface area (TPSA) is 60.7 Å². The van der Waals surface area contributed by atoms with Gasteiger partial charge in [0.05, 0.1) is 12.7 Å². The Kier molecular flexibility index (Phi) is 7.83. The van der Waals surface area contributed by atoms with Gasteiger partial charge in [-0.15, -0.1) is 0 Å². The lowest BCUT2D eigenvalue weighted by Crippen LogP contribution is -2.13. The van der Waals surface area contributed by atoms with Crippen molar-refractivity contribution in [2.75, 3.05) is 6.61 Å². The zero-order chi connectivity index (χ0) is 19.8. The molecule has 0 aliphatic heterocycles. The van der Waals surface area contributed by atoms with Crippen LogP contribution in [-0.2, 0) is 0 Å². The van der Waals surface area contributed by atoms with Crippen LogP contribution in [0.25, 0.3) is 16.8 Å². The van der Waals surface area contributed by atoms with E-state index in [2.05, 4.69) is 19.6 Å². The maximum absolute atomic E-state index is 10.6. The molecule has 1 unspecified atom stereocenters. The summed E-state index contributed by atoms with van der Waals surface area (Å²) < 4.78 is 0. The summed E-state index contributed by atoms with van der Waals surface area (Å²) in [4.78, 5) is 0. The number of rotatable bonds is 9. The number of phenols is 1. The lowest BCUT2D eigenvalue weighted by Gasteiger charge is -2.17. The first-order valence-corrected chi connectivity index (χ1v) is 9.53. The molecule has 3 N–H and O–H groups in total. The number of aromatic hydroxyl groups is 1. The lowest BCUT2D eigenvalue weighted by atomic mass is 9.93. The minimum absolute atomic E-state index is 0.0938. The molecule has 1 atom stereocenters. The number of phenolic OH excluding ortho intramolecular Hbond substituents is 1. The fourth-order valence-corrected chi connectivity index (χ4v) is 3.35. The smallest absolute Gasteiger partial charge is 0.123 e. The SMILES string of the molecule is C=C(CCC)/C(=C/CO)C(O)CC/C(C)=C/c1ccc(O)c2ccccc12. The van der Waals surface area contributed by atoms with Crippen LogP contribution in [0, 0.1) is 0 Å². The molecule has 0 aliphatic carbocycles. The van der Waals surface area contributed by atoms with Crippen LogP contribution in [0.5, 0.6) is 5.75 Å². The van der Waals surface area contributed by atoms with Crippen LogP contribution in [-0.4, -0.2) is 28.0 Å². The van der Waals surface area contributed by atoms with Gasteiger partial charge in [-0.25, -0.2) is 0 Å². The van der Waals surface area contributed by atoms with Crippen molar-refractivity contribution in [3.63, 3.8) is 0 Å². The van der Waals surface area contributed by atoms with E-state index in [0.29, 0.717) is 6.42 Å². The molecule has 0 bridgehead atoms. The maximum Gasteiger partial charge on any atom is 0.123 e. The second kappa shape index (κ2) is 10.1. The third-order valence-electron chi connectivity index (χ3n) is 4.78. The van der Waals surface area contributed by atoms with Gasteiger partial charge in [-0.3, -0.25) is 0 Å². The lowest BCUT2D eigenvalue weighted by molar-refractivity contribution is 0.200. The van der Waals surface area contributed by atoms with Crippen LogP contribution in [0.1, 0.15) is 45.1 Å². The van der Waals surface area contributed by atoms with Crippen LogP contribution in [0.3, 0.4) is 0 Å². The molecule has 0 aromatic heterocycles. The van der Waals surface area contributed by atoms with Gasteiger partial charge in [-0.1, -0.05) is 68.0 Å². The van der Waals surface area contributed by atoms with Gasteiger partial charge in [0, 0.05) is 5.39 Å². The van der Waals surface area contributed by atoms with Crippen LogP contribution in [0.4, 0.5) is 0 Å². The molecule has 2 rings (SSSR count). The van der Waals surface area contributed by atoms with E-state index in [4.69, 9.17) is 0 Å². The zero-order valence-corrected chi connectivity index (χ0v) is 16.3. The third kappa shape index (κ3) is 5.56. The van der Waals surface area contributed by atoms with Crippen LogP contribution in [0.15, 0.2) is 65.8 Å². The Bertz CT molecular complexity index is 846. The first kappa shape index (κ1) is 20.9. The summed E-state index contributed by atoms with van der Waals surface area (Å²) in [7, 11) is 0. The highest BCUT2D eigenvalue weighted by molar-refractivity contribution is 5.94. The van der Waals surface area contributed by atoms with Crippen LogP contribution in [0.2, 0.25) is 0 Å².